The van der Waals surface area contributed by atoms with Gasteiger partial charge in [-0.3, -0.25) is 4.79 Å². The first-order valence-corrected chi connectivity index (χ1v) is 10.6. The molecule has 164 valence electrons. The summed E-state index contributed by atoms with van der Waals surface area (Å²) < 4.78 is 5.89. The third-order valence-electron chi connectivity index (χ3n) is 5.55. The van der Waals surface area contributed by atoms with Crippen LogP contribution >= 0.6 is 0 Å². The van der Waals surface area contributed by atoms with Crippen molar-refractivity contribution in [1.82, 2.24) is 0 Å². The number of benzene rings is 3. The van der Waals surface area contributed by atoms with Crippen LogP contribution in [0.4, 0.5) is 5.69 Å². The zero-order valence-corrected chi connectivity index (χ0v) is 17.9. The number of carbonyl (C=O) groups is 1. The number of carboxylic acid groups (broad SMARTS) is 1. The maximum atomic E-state index is 11.0. The van der Waals surface area contributed by atoms with E-state index in [9.17, 15) is 4.79 Å². The first-order valence-electron chi connectivity index (χ1n) is 10.6. The van der Waals surface area contributed by atoms with E-state index in [0.29, 0.717) is 13.2 Å². The van der Waals surface area contributed by atoms with Gasteiger partial charge in [0.25, 0.3) is 0 Å². The van der Waals surface area contributed by atoms with Gasteiger partial charge in [-0.2, -0.15) is 0 Å². The lowest BCUT2D eigenvalue weighted by Gasteiger charge is -2.11. The summed E-state index contributed by atoms with van der Waals surface area (Å²) in [6.45, 7) is 0.993. The topological polar surface area (TPSA) is 80.2 Å². The van der Waals surface area contributed by atoms with Crippen LogP contribution in [0.2, 0.25) is 0 Å². The highest BCUT2D eigenvalue weighted by Crippen LogP contribution is 2.47. The summed E-state index contributed by atoms with van der Waals surface area (Å²) in [5.74, 6) is -0.00771. The van der Waals surface area contributed by atoms with Crippen molar-refractivity contribution in [2.24, 2.45) is 11.1 Å². The van der Waals surface area contributed by atoms with Crippen LogP contribution < -0.4 is 10.1 Å². The summed E-state index contributed by atoms with van der Waals surface area (Å²) in [7, 11) is 1.52. The predicted octanol–water partition coefficient (Wildman–Crippen LogP) is 4.92. The Kier molecular flexibility index (Phi) is 6.70. The second-order valence-electron chi connectivity index (χ2n) is 7.78. The zero-order chi connectivity index (χ0) is 22.3. The van der Waals surface area contributed by atoms with Crippen molar-refractivity contribution in [1.29, 1.82) is 0 Å². The van der Waals surface area contributed by atoms with E-state index in [-0.39, 0.29) is 11.8 Å². The van der Waals surface area contributed by atoms with Gasteiger partial charge in [0, 0.05) is 17.8 Å². The quantitative estimate of drug-likeness (QED) is 0.353. The molecule has 4 rings (SSSR count). The Labute approximate surface area is 187 Å². The highest BCUT2D eigenvalue weighted by Gasteiger charge is 2.43. The fraction of sp³-hybridized carbons (Fsp3) is 0.231. The largest absolute Gasteiger partial charge is 0.487 e. The molecule has 2 atom stereocenters. The number of rotatable bonds is 10. The Morgan fingerprint density at radius 1 is 1.03 bits per heavy atom. The fourth-order valence-electron chi connectivity index (χ4n) is 3.65. The van der Waals surface area contributed by atoms with Gasteiger partial charge in [-0.25, -0.2) is 0 Å². The summed E-state index contributed by atoms with van der Waals surface area (Å²) >= 11 is 0. The van der Waals surface area contributed by atoms with Gasteiger partial charge in [0.2, 0.25) is 0 Å². The van der Waals surface area contributed by atoms with E-state index in [1.165, 1.54) is 7.11 Å². The van der Waals surface area contributed by atoms with Crippen LogP contribution in [0, 0.1) is 5.92 Å². The van der Waals surface area contributed by atoms with Crippen LogP contribution in [0.25, 0.3) is 0 Å². The number of oxime groups is 1. The number of ether oxygens (including phenoxy) is 1. The third kappa shape index (κ3) is 5.46. The highest BCUT2D eigenvalue weighted by molar-refractivity contribution is 6.01. The van der Waals surface area contributed by atoms with E-state index in [1.807, 2.05) is 78.9 Å². The second-order valence-corrected chi connectivity index (χ2v) is 7.78. The van der Waals surface area contributed by atoms with Crippen LogP contribution in [0.15, 0.2) is 84.0 Å². The smallest absolute Gasteiger partial charge is 0.307 e. The normalized spacial score (nSPS) is 17.5. The van der Waals surface area contributed by atoms with Gasteiger partial charge in [-0.15, -0.1) is 0 Å². The standard InChI is InChI=1S/C26H26N2O4/c1-31-28-25(20-5-3-2-4-6-20)17-32-22-13-7-18(8-14-22)16-27-21-11-9-19(10-12-21)23-15-24(23)26(29)30/h2-14,23-24,27H,15-17H2,1H3,(H,29,30). The molecule has 0 amide bonds. The average Bonchev–Trinajstić information content (AvgIpc) is 3.63. The number of aliphatic carboxylic acids is 1. The number of hydrogen-bond donors (Lipinski definition) is 2. The Balaban J connectivity index is 1.27. The van der Waals surface area contributed by atoms with Crippen molar-refractivity contribution in [3.63, 3.8) is 0 Å². The minimum atomic E-state index is -0.702. The van der Waals surface area contributed by atoms with Crippen molar-refractivity contribution in [2.45, 2.75) is 18.9 Å². The number of anilines is 1. The molecule has 1 saturated carbocycles. The molecule has 1 aliphatic carbocycles. The first-order chi connectivity index (χ1) is 15.6. The monoisotopic (exact) mass is 430 g/mol. The molecule has 0 spiro atoms. The van der Waals surface area contributed by atoms with Crippen LogP contribution in [0.5, 0.6) is 5.75 Å². The second kappa shape index (κ2) is 10.0. The molecule has 0 bridgehead atoms. The summed E-state index contributed by atoms with van der Waals surface area (Å²) in [4.78, 5) is 16.0. The number of nitrogens with one attached hydrogen (secondary N) is 1. The van der Waals surface area contributed by atoms with Crippen molar-refractivity contribution < 1.29 is 19.5 Å². The first kappa shape index (κ1) is 21.4. The van der Waals surface area contributed by atoms with E-state index >= 15 is 0 Å². The van der Waals surface area contributed by atoms with E-state index in [4.69, 9.17) is 14.7 Å². The van der Waals surface area contributed by atoms with E-state index in [2.05, 4.69) is 10.5 Å². The Hall–Kier alpha value is -3.80. The molecule has 0 aromatic heterocycles. The molecule has 6 heteroatoms. The van der Waals surface area contributed by atoms with Crippen molar-refractivity contribution in [3.8, 4) is 5.75 Å². The van der Waals surface area contributed by atoms with Crippen molar-refractivity contribution >= 4 is 17.4 Å². The maximum absolute atomic E-state index is 11.0. The molecule has 2 N–H and O–H groups in total. The minimum absolute atomic E-state index is 0.158. The molecule has 3 aromatic carbocycles. The zero-order valence-electron chi connectivity index (χ0n) is 17.9. The van der Waals surface area contributed by atoms with E-state index < -0.39 is 5.97 Å². The lowest BCUT2D eigenvalue weighted by atomic mass is 10.1. The molecule has 32 heavy (non-hydrogen) atoms. The Morgan fingerprint density at radius 3 is 2.38 bits per heavy atom. The molecule has 0 heterocycles. The van der Waals surface area contributed by atoms with Crippen molar-refractivity contribution in [2.75, 3.05) is 19.0 Å². The molecule has 1 aliphatic rings. The summed E-state index contributed by atoms with van der Waals surface area (Å²) in [6.07, 6.45) is 0.737. The highest BCUT2D eigenvalue weighted by atomic mass is 16.6. The summed E-state index contributed by atoms with van der Waals surface area (Å²) in [5, 5.41) is 16.5. The molecule has 0 saturated heterocycles. The van der Waals surface area contributed by atoms with Gasteiger partial charge in [0.1, 0.15) is 25.2 Å². The number of nitrogens with zero attached hydrogens (tertiary/aromatic N) is 1. The third-order valence-corrected chi connectivity index (χ3v) is 5.55. The molecule has 6 nitrogen and oxygen atoms in total. The predicted molar refractivity (Wildman–Crippen MR) is 124 cm³/mol. The summed E-state index contributed by atoms with van der Waals surface area (Å²) in [6, 6.07) is 25.8. The SMILES string of the molecule is CON=C(COc1ccc(CNc2ccc(C3CC3C(=O)O)cc2)cc1)c1ccccc1. The Morgan fingerprint density at radius 2 is 1.75 bits per heavy atom. The van der Waals surface area contributed by atoms with Crippen LogP contribution in [-0.2, 0) is 16.2 Å². The molecular formula is C26H26N2O4. The van der Waals surface area contributed by atoms with Gasteiger partial charge in [-0.1, -0.05) is 59.8 Å². The van der Waals surface area contributed by atoms with Crippen LogP contribution in [0.3, 0.4) is 0 Å². The lowest BCUT2D eigenvalue weighted by molar-refractivity contribution is -0.138. The Bertz CT molecular complexity index is 1060. The number of carboxylic acids is 1. The molecule has 2 unspecified atom stereocenters. The van der Waals surface area contributed by atoms with Gasteiger partial charge in [0.15, 0.2) is 0 Å². The average molecular weight is 431 g/mol. The molecule has 0 radical (unpaired) electrons. The van der Waals surface area contributed by atoms with Gasteiger partial charge >= 0.3 is 5.97 Å². The summed E-state index contributed by atoms with van der Waals surface area (Å²) in [5.41, 5.74) is 4.91. The van der Waals surface area contributed by atoms with Gasteiger partial charge < -0.3 is 20.0 Å². The molecule has 0 aliphatic heterocycles. The van der Waals surface area contributed by atoms with Gasteiger partial charge in [0.05, 0.1) is 5.92 Å². The van der Waals surface area contributed by atoms with E-state index in [0.717, 1.165) is 40.3 Å². The molecule has 3 aromatic rings. The lowest BCUT2D eigenvalue weighted by Crippen LogP contribution is -2.13. The minimum Gasteiger partial charge on any atom is -0.487 e. The molecular weight excluding hydrogens is 404 g/mol. The van der Waals surface area contributed by atoms with E-state index in [1.54, 1.807) is 0 Å². The van der Waals surface area contributed by atoms with Gasteiger partial charge in [-0.05, 0) is 47.7 Å². The number of hydrogen-bond acceptors (Lipinski definition) is 5. The van der Waals surface area contributed by atoms with Crippen molar-refractivity contribution in [3.05, 3.63) is 95.6 Å². The van der Waals surface area contributed by atoms with Crippen LogP contribution in [-0.4, -0.2) is 30.5 Å². The maximum Gasteiger partial charge on any atom is 0.307 e. The van der Waals surface area contributed by atoms with Crippen LogP contribution in [0.1, 0.15) is 29.0 Å². The molecule has 1 fully saturated rings. The fourth-order valence-corrected chi connectivity index (χ4v) is 3.65.